The number of aromatic nitrogens is 1. The molecule has 0 fully saturated rings. The second-order valence-corrected chi connectivity index (χ2v) is 5.48. The van der Waals surface area contributed by atoms with Gasteiger partial charge in [-0.15, -0.1) is 0 Å². The molecule has 0 aliphatic rings. The normalized spacial score (nSPS) is 11.7. The summed E-state index contributed by atoms with van der Waals surface area (Å²) in [6.07, 6.45) is 2.92. The maximum absolute atomic E-state index is 12.0. The molecule has 0 bridgehead atoms. The van der Waals surface area contributed by atoms with Crippen LogP contribution in [0.3, 0.4) is 0 Å². The van der Waals surface area contributed by atoms with Crippen LogP contribution in [0.2, 0.25) is 5.02 Å². The van der Waals surface area contributed by atoms with Gasteiger partial charge in [-0.1, -0.05) is 17.7 Å². The first-order valence-electron chi connectivity index (χ1n) is 7.09. The molecule has 7 nitrogen and oxygen atoms in total. The number of anilines is 1. The van der Waals surface area contributed by atoms with Crippen molar-refractivity contribution in [2.75, 3.05) is 5.32 Å². The highest BCUT2D eigenvalue weighted by Crippen LogP contribution is 2.26. The first-order chi connectivity index (χ1) is 11.5. The first-order valence-corrected chi connectivity index (χ1v) is 7.47. The van der Waals surface area contributed by atoms with Crippen molar-refractivity contribution in [1.29, 1.82) is 0 Å². The second-order valence-electron chi connectivity index (χ2n) is 5.05. The fraction of sp³-hybridized carbons (Fsp3) is 0.188. The van der Waals surface area contributed by atoms with Crippen molar-refractivity contribution >= 4 is 29.2 Å². The molecule has 126 valence electrons. The molecule has 0 aliphatic heterocycles. The van der Waals surface area contributed by atoms with Crippen LogP contribution in [-0.2, 0) is 16.1 Å². The number of phenolic OH excluding ortho intramolecular Hbond substituents is 1. The van der Waals surface area contributed by atoms with Crippen LogP contribution in [0.1, 0.15) is 12.0 Å². The molecular weight excluding hydrogens is 334 g/mol. The Balaban J connectivity index is 1.95. The molecule has 24 heavy (non-hydrogen) atoms. The van der Waals surface area contributed by atoms with Crippen LogP contribution in [0.5, 0.6) is 5.75 Å². The third kappa shape index (κ3) is 5.22. The lowest BCUT2D eigenvalue weighted by molar-refractivity contribution is -0.141. The number of carboxylic acid groups (broad SMARTS) is 1. The molecular formula is C16H16ClN3O4. The number of hydrogen-bond acceptors (Lipinski definition) is 5. The van der Waals surface area contributed by atoms with E-state index in [0.717, 1.165) is 5.56 Å². The van der Waals surface area contributed by atoms with Crippen molar-refractivity contribution in [3.05, 3.63) is 53.3 Å². The number of aliphatic carboxylic acids is 1. The lowest BCUT2D eigenvalue weighted by Crippen LogP contribution is -2.39. The van der Waals surface area contributed by atoms with Gasteiger partial charge < -0.3 is 15.5 Å². The molecule has 0 spiro atoms. The number of rotatable bonds is 7. The van der Waals surface area contributed by atoms with Gasteiger partial charge in [0.25, 0.3) is 0 Å². The molecule has 1 aromatic carbocycles. The van der Waals surface area contributed by atoms with E-state index >= 15 is 0 Å². The Labute approximate surface area is 143 Å². The van der Waals surface area contributed by atoms with Gasteiger partial charge in [0.15, 0.2) is 0 Å². The Morgan fingerprint density at radius 3 is 2.75 bits per heavy atom. The number of nitrogens with zero attached hydrogens (tertiary/aromatic N) is 1. The van der Waals surface area contributed by atoms with Crippen LogP contribution in [0.15, 0.2) is 42.7 Å². The van der Waals surface area contributed by atoms with Crippen LogP contribution in [0.25, 0.3) is 0 Å². The highest BCUT2D eigenvalue weighted by Gasteiger charge is 2.21. The van der Waals surface area contributed by atoms with Crippen molar-refractivity contribution in [2.24, 2.45) is 0 Å². The third-order valence-corrected chi connectivity index (χ3v) is 3.43. The quantitative estimate of drug-likeness (QED) is 0.569. The summed E-state index contributed by atoms with van der Waals surface area (Å²) in [7, 11) is 0. The second kappa shape index (κ2) is 8.28. The summed E-state index contributed by atoms with van der Waals surface area (Å²) in [5, 5.41) is 24.5. The van der Waals surface area contributed by atoms with Gasteiger partial charge in [-0.3, -0.25) is 19.9 Å². The molecule has 0 unspecified atom stereocenters. The summed E-state index contributed by atoms with van der Waals surface area (Å²) in [5.41, 5.74) is 0.931. The third-order valence-electron chi connectivity index (χ3n) is 3.20. The van der Waals surface area contributed by atoms with Gasteiger partial charge in [-0.2, -0.15) is 0 Å². The Morgan fingerprint density at radius 1 is 1.29 bits per heavy atom. The van der Waals surface area contributed by atoms with E-state index in [1.54, 1.807) is 24.5 Å². The number of benzene rings is 1. The number of halogens is 1. The summed E-state index contributed by atoms with van der Waals surface area (Å²) >= 11 is 5.80. The van der Waals surface area contributed by atoms with Crippen LogP contribution >= 0.6 is 11.6 Å². The largest absolute Gasteiger partial charge is 0.506 e. The number of carbonyl (C=O) groups excluding carboxylic acids is 1. The Morgan fingerprint density at radius 2 is 2.08 bits per heavy atom. The van der Waals surface area contributed by atoms with Crippen molar-refractivity contribution in [2.45, 2.75) is 19.0 Å². The number of aromatic hydroxyl groups is 1. The van der Waals surface area contributed by atoms with Crippen LogP contribution in [0.4, 0.5) is 5.69 Å². The summed E-state index contributed by atoms with van der Waals surface area (Å²) in [5.74, 6) is -1.86. The van der Waals surface area contributed by atoms with Gasteiger partial charge in [0.05, 0.1) is 12.1 Å². The average Bonchev–Trinajstić information content (AvgIpc) is 2.55. The first kappa shape index (κ1) is 17.7. The summed E-state index contributed by atoms with van der Waals surface area (Å²) in [6.45, 7) is 0.264. The molecule has 1 heterocycles. The van der Waals surface area contributed by atoms with Crippen molar-refractivity contribution < 1.29 is 19.8 Å². The zero-order valence-electron chi connectivity index (χ0n) is 12.6. The monoisotopic (exact) mass is 349 g/mol. The van der Waals surface area contributed by atoms with Crippen LogP contribution < -0.4 is 10.6 Å². The van der Waals surface area contributed by atoms with E-state index < -0.39 is 17.9 Å². The minimum atomic E-state index is -1.15. The van der Waals surface area contributed by atoms with Crippen LogP contribution in [-0.4, -0.2) is 33.1 Å². The molecule has 0 saturated heterocycles. The van der Waals surface area contributed by atoms with E-state index in [-0.39, 0.29) is 24.4 Å². The van der Waals surface area contributed by atoms with E-state index in [2.05, 4.69) is 15.6 Å². The Hall–Kier alpha value is -2.64. The zero-order valence-corrected chi connectivity index (χ0v) is 13.3. The number of hydrogen-bond donors (Lipinski definition) is 4. The predicted molar refractivity (Wildman–Crippen MR) is 88.9 cm³/mol. The van der Waals surface area contributed by atoms with Gasteiger partial charge in [0.1, 0.15) is 11.8 Å². The highest BCUT2D eigenvalue weighted by atomic mass is 35.5. The van der Waals surface area contributed by atoms with E-state index in [1.165, 1.54) is 18.2 Å². The molecule has 4 N–H and O–H groups in total. The number of nitrogens with one attached hydrogen (secondary N) is 2. The maximum Gasteiger partial charge on any atom is 0.321 e. The molecule has 1 atom stereocenters. The van der Waals surface area contributed by atoms with Gasteiger partial charge in [0.2, 0.25) is 5.91 Å². The number of pyridine rings is 1. The molecule has 0 aliphatic carbocycles. The summed E-state index contributed by atoms with van der Waals surface area (Å²) in [4.78, 5) is 27.3. The highest BCUT2D eigenvalue weighted by molar-refractivity contribution is 6.31. The average molecular weight is 350 g/mol. The lowest BCUT2D eigenvalue weighted by atomic mass is 10.1. The fourth-order valence-electron chi connectivity index (χ4n) is 1.99. The molecule has 2 aromatic rings. The molecule has 1 amide bonds. The number of phenols is 1. The van der Waals surface area contributed by atoms with Gasteiger partial charge in [0, 0.05) is 24.0 Å². The minimum Gasteiger partial charge on any atom is -0.506 e. The van der Waals surface area contributed by atoms with Gasteiger partial charge in [-0.25, -0.2) is 0 Å². The van der Waals surface area contributed by atoms with E-state index in [1.807, 2.05) is 0 Å². The number of carboxylic acids is 1. The molecule has 0 radical (unpaired) electrons. The lowest BCUT2D eigenvalue weighted by Gasteiger charge is -2.15. The fourth-order valence-corrected chi connectivity index (χ4v) is 2.16. The molecule has 1 aromatic heterocycles. The van der Waals surface area contributed by atoms with E-state index in [9.17, 15) is 19.8 Å². The van der Waals surface area contributed by atoms with E-state index in [4.69, 9.17) is 11.6 Å². The summed E-state index contributed by atoms with van der Waals surface area (Å²) < 4.78 is 0. The van der Waals surface area contributed by atoms with E-state index in [0.29, 0.717) is 5.02 Å². The zero-order chi connectivity index (χ0) is 17.5. The number of carbonyl (C=O) groups is 2. The topological polar surface area (TPSA) is 112 Å². The van der Waals surface area contributed by atoms with Gasteiger partial charge in [-0.05, 0) is 29.8 Å². The predicted octanol–water partition coefficient (Wildman–Crippen LogP) is 2.01. The van der Waals surface area contributed by atoms with Crippen molar-refractivity contribution in [3.63, 3.8) is 0 Å². The number of amides is 1. The van der Waals surface area contributed by atoms with Crippen molar-refractivity contribution in [1.82, 2.24) is 10.3 Å². The minimum absolute atomic E-state index is 0.129. The Bertz CT molecular complexity index is 725. The van der Waals surface area contributed by atoms with Crippen molar-refractivity contribution in [3.8, 4) is 5.75 Å². The molecule has 8 heteroatoms. The molecule has 2 rings (SSSR count). The summed E-state index contributed by atoms with van der Waals surface area (Å²) in [6, 6.07) is 6.65. The standard InChI is InChI=1S/C16H16ClN3O4/c17-11-3-4-14(21)12(6-11)20-15(22)7-13(16(23)24)19-9-10-2-1-5-18-8-10/h1-6,8,13,19,21H,7,9H2,(H,20,22)(H,23,24)/t13-/m0/s1. The van der Waals surface area contributed by atoms with Crippen LogP contribution in [0, 0.1) is 0 Å². The smallest absolute Gasteiger partial charge is 0.321 e. The maximum atomic E-state index is 12.0. The SMILES string of the molecule is O=C(C[C@H](NCc1cccnc1)C(=O)O)Nc1cc(Cl)ccc1O. The Kier molecular flexibility index (Phi) is 6.11. The molecule has 0 saturated carbocycles. The van der Waals surface area contributed by atoms with Gasteiger partial charge >= 0.3 is 5.97 Å².